The molecule has 0 saturated carbocycles. The molecule has 21 heavy (non-hydrogen) atoms. The van der Waals surface area contributed by atoms with Crippen molar-refractivity contribution in [3.63, 3.8) is 0 Å². The summed E-state index contributed by atoms with van der Waals surface area (Å²) in [6.07, 6.45) is -1.03. The number of nitrogens with one attached hydrogen (secondary N) is 2. The standard InChI is InChI=1S/C14H18F2N2O3/c1-7(2)13(20)6-14(21)18-12-5-10(16)9(15)4-11(12)17-8(3)19/h4-5,7,13,20H,6H2,1-3H3,(H,17,19)(H,18,21). The molecule has 5 nitrogen and oxygen atoms in total. The van der Waals surface area contributed by atoms with Crippen LogP contribution in [0, 0.1) is 17.6 Å². The third-order valence-electron chi connectivity index (χ3n) is 2.81. The number of benzene rings is 1. The molecule has 0 saturated heterocycles. The Kier molecular flexibility index (Phi) is 5.78. The normalized spacial score (nSPS) is 12.1. The Bertz CT molecular complexity index is 547. The minimum absolute atomic E-state index is 0.0474. The maximum absolute atomic E-state index is 13.2. The zero-order chi connectivity index (χ0) is 16.2. The van der Waals surface area contributed by atoms with Gasteiger partial charge in [0.05, 0.1) is 23.9 Å². The van der Waals surface area contributed by atoms with Crippen LogP contribution in [0.5, 0.6) is 0 Å². The zero-order valence-electron chi connectivity index (χ0n) is 12.0. The van der Waals surface area contributed by atoms with E-state index in [1.54, 1.807) is 13.8 Å². The number of amides is 2. The van der Waals surface area contributed by atoms with E-state index in [-0.39, 0.29) is 23.7 Å². The number of anilines is 2. The molecule has 1 aromatic rings. The summed E-state index contributed by atoms with van der Waals surface area (Å²) in [6, 6.07) is 1.56. The van der Waals surface area contributed by atoms with Crippen molar-refractivity contribution < 1.29 is 23.5 Å². The lowest BCUT2D eigenvalue weighted by atomic mass is 10.0. The maximum atomic E-state index is 13.2. The third-order valence-corrected chi connectivity index (χ3v) is 2.81. The number of carbonyl (C=O) groups is 2. The fraction of sp³-hybridized carbons (Fsp3) is 0.429. The number of carbonyl (C=O) groups excluding carboxylic acids is 2. The summed E-state index contributed by atoms with van der Waals surface area (Å²) in [4.78, 5) is 22.8. The maximum Gasteiger partial charge on any atom is 0.227 e. The van der Waals surface area contributed by atoms with E-state index in [2.05, 4.69) is 10.6 Å². The van der Waals surface area contributed by atoms with Crippen molar-refractivity contribution in [2.45, 2.75) is 33.3 Å². The minimum atomic E-state index is -1.15. The van der Waals surface area contributed by atoms with E-state index in [1.807, 2.05) is 0 Å². The van der Waals surface area contributed by atoms with Gasteiger partial charge in [-0.2, -0.15) is 0 Å². The first-order valence-electron chi connectivity index (χ1n) is 6.45. The van der Waals surface area contributed by atoms with Gasteiger partial charge in [-0.25, -0.2) is 8.78 Å². The van der Waals surface area contributed by atoms with E-state index in [9.17, 15) is 23.5 Å². The van der Waals surface area contributed by atoms with Crippen molar-refractivity contribution in [1.82, 2.24) is 0 Å². The summed E-state index contributed by atoms with van der Waals surface area (Å²) in [5.74, 6) is -3.45. The van der Waals surface area contributed by atoms with Gasteiger partial charge in [-0.1, -0.05) is 13.8 Å². The Hall–Kier alpha value is -2.02. The average molecular weight is 300 g/mol. The van der Waals surface area contributed by atoms with Gasteiger partial charge in [0.15, 0.2) is 11.6 Å². The van der Waals surface area contributed by atoms with Gasteiger partial charge in [0, 0.05) is 19.1 Å². The van der Waals surface area contributed by atoms with E-state index in [1.165, 1.54) is 6.92 Å². The smallest absolute Gasteiger partial charge is 0.227 e. The monoisotopic (exact) mass is 300 g/mol. The Labute approximate surface area is 121 Å². The van der Waals surface area contributed by atoms with Crippen LogP contribution in [-0.2, 0) is 9.59 Å². The first-order valence-corrected chi connectivity index (χ1v) is 6.45. The van der Waals surface area contributed by atoms with Gasteiger partial charge in [0.1, 0.15) is 0 Å². The van der Waals surface area contributed by atoms with E-state index in [0.29, 0.717) is 0 Å². The van der Waals surface area contributed by atoms with Crippen LogP contribution in [0.25, 0.3) is 0 Å². The first kappa shape index (κ1) is 17.0. The Balaban J connectivity index is 2.93. The van der Waals surface area contributed by atoms with Crippen LogP contribution in [0.15, 0.2) is 12.1 Å². The third kappa shape index (κ3) is 5.11. The SMILES string of the molecule is CC(=O)Nc1cc(F)c(F)cc1NC(=O)CC(O)C(C)C. The predicted octanol–water partition coefficient (Wildman–Crippen LogP) is 2.27. The highest BCUT2D eigenvalue weighted by atomic mass is 19.2. The number of aliphatic hydroxyl groups is 1. The minimum Gasteiger partial charge on any atom is -0.392 e. The van der Waals surface area contributed by atoms with Crippen molar-refractivity contribution in [1.29, 1.82) is 0 Å². The number of hydrogen-bond donors (Lipinski definition) is 3. The Morgan fingerprint density at radius 3 is 2.05 bits per heavy atom. The molecule has 0 bridgehead atoms. The molecule has 0 aliphatic heterocycles. The summed E-state index contributed by atoms with van der Waals surface area (Å²) in [5, 5.41) is 14.3. The summed E-state index contributed by atoms with van der Waals surface area (Å²) in [5.41, 5.74) is -0.112. The van der Waals surface area contributed by atoms with Crippen molar-refractivity contribution in [3.8, 4) is 0 Å². The molecule has 2 amide bonds. The molecule has 7 heteroatoms. The largest absolute Gasteiger partial charge is 0.392 e. The summed E-state index contributed by atoms with van der Waals surface area (Å²) in [7, 11) is 0. The Morgan fingerprint density at radius 2 is 1.62 bits per heavy atom. The molecule has 0 radical (unpaired) electrons. The van der Waals surface area contributed by atoms with Gasteiger partial charge in [-0.05, 0) is 5.92 Å². The molecule has 1 aromatic carbocycles. The fourth-order valence-corrected chi connectivity index (χ4v) is 1.57. The van der Waals surface area contributed by atoms with Crippen LogP contribution < -0.4 is 10.6 Å². The van der Waals surface area contributed by atoms with Gasteiger partial charge in [-0.15, -0.1) is 0 Å². The van der Waals surface area contributed by atoms with Gasteiger partial charge >= 0.3 is 0 Å². The fourth-order valence-electron chi connectivity index (χ4n) is 1.57. The van der Waals surface area contributed by atoms with Crippen molar-refractivity contribution in [2.24, 2.45) is 5.92 Å². The molecule has 1 atom stereocenters. The lowest BCUT2D eigenvalue weighted by molar-refractivity contribution is -0.118. The summed E-state index contributed by atoms with van der Waals surface area (Å²) < 4.78 is 26.4. The van der Waals surface area contributed by atoms with Gasteiger partial charge in [-0.3, -0.25) is 9.59 Å². The molecule has 1 rings (SSSR count). The van der Waals surface area contributed by atoms with Crippen LogP contribution in [0.2, 0.25) is 0 Å². The van der Waals surface area contributed by atoms with Gasteiger partial charge in [0.2, 0.25) is 11.8 Å². The average Bonchev–Trinajstić information content (AvgIpc) is 2.34. The molecule has 0 aromatic heterocycles. The second kappa shape index (κ2) is 7.12. The van der Waals surface area contributed by atoms with Crippen LogP contribution in [0.1, 0.15) is 27.2 Å². The van der Waals surface area contributed by atoms with Crippen molar-refractivity contribution >= 4 is 23.2 Å². The van der Waals surface area contributed by atoms with Crippen LogP contribution in [-0.4, -0.2) is 23.0 Å². The lowest BCUT2D eigenvalue weighted by Gasteiger charge is -2.16. The molecule has 0 fully saturated rings. The molecular formula is C14H18F2N2O3. The summed E-state index contributed by atoms with van der Waals surface area (Å²) in [6.45, 7) is 4.70. The van der Waals surface area contributed by atoms with E-state index in [0.717, 1.165) is 12.1 Å². The molecule has 116 valence electrons. The summed E-state index contributed by atoms with van der Waals surface area (Å²) >= 11 is 0. The van der Waals surface area contributed by atoms with Crippen molar-refractivity contribution in [3.05, 3.63) is 23.8 Å². The second-order valence-electron chi connectivity index (χ2n) is 5.06. The van der Waals surface area contributed by atoms with Crippen LogP contribution in [0.4, 0.5) is 20.2 Å². The zero-order valence-corrected chi connectivity index (χ0v) is 12.0. The Morgan fingerprint density at radius 1 is 1.14 bits per heavy atom. The topological polar surface area (TPSA) is 78.4 Å². The van der Waals surface area contributed by atoms with Crippen molar-refractivity contribution in [2.75, 3.05) is 10.6 Å². The van der Waals surface area contributed by atoms with E-state index in [4.69, 9.17) is 0 Å². The van der Waals surface area contributed by atoms with Gasteiger partial charge in [0.25, 0.3) is 0 Å². The molecule has 0 aliphatic rings. The lowest BCUT2D eigenvalue weighted by Crippen LogP contribution is -2.24. The highest BCUT2D eigenvalue weighted by Crippen LogP contribution is 2.25. The molecular weight excluding hydrogens is 282 g/mol. The molecule has 3 N–H and O–H groups in total. The predicted molar refractivity (Wildman–Crippen MR) is 74.8 cm³/mol. The van der Waals surface area contributed by atoms with E-state index < -0.39 is 29.6 Å². The molecule has 0 heterocycles. The number of hydrogen-bond acceptors (Lipinski definition) is 3. The second-order valence-corrected chi connectivity index (χ2v) is 5.06. The van der Waals surface area contributed by atoms with Crippen LogP contribution in [0.3, 0.4) is 0 Å². The highest BCUT2D eigenvalue weighted by molar-refractivity contribution is 5.99. The number of aliphatic hydroxyl groups excluding tert-OH is 1. The van der Waals surface area contributed by atoms with E-state index >= 15 is 0 Å². The van der Waals surface area contributed by atoms with Crippen LogP contribution >= 0.6 is 0 Å². The molecule has 1 unspecified atom stereocenters. The highest BCUT2D eigenvalue weighted by Gasteiger charge is 2.17. The molecule has 0 aliphatic carbocycles. The number of rotatable bonds is 5. The quantitative estimate of drug-likeness (QED) is 0.780. The first-order chi connectivity index (χ1) is 9.70. The number of halogens is 2. The van der Waals surface area contributed by atoms with Gasteiger partial charge < -0.3 is 15.7 Å². The molecule has 0 spiro atoms.